The molecule has 5 nitrogen and oxygen atoms in total. The minimum Gasteiger partial charge on any atom is -0.507 e. The summed E-state index contributed by atoms with van der Waals surface area (Å²) >= 11 is 1.64. The summed E-state index contributed by atoms with van der Waals surface area (Å²) in [5.74, 6) is 0.135. The second-order valence-electron chi connectivity index (χ2n) is 8.25. The van der Waals surface area contributed by atoms with Crippen LogP contribution in [0.3, 0.4) is 0 Å². The van der Waals surface area contributed by atoms with Crippen LogP contribution in [0, 0.1) is 0 Å². The first-order chi connectivity index (χ1) is 17.5. The number of benzene rings is 1. The van der Waals surface area contributed by atoms with Crippen molar-refractivity contribution in [2.24, 2.45) is 0 Å². The van der Waals surface area contributed by atoms with Crippen LogP contribution in [0.25, 0.3) is 0 Å². The van der Waals surface area contributed by atoms with Gasteiger partial charge >= 0.3 is 5.97 Å². The molecule has 0 bridgehead atoms. The summed E-state index contributed by atoms with van der Waals surface area (Å²) in [7, 11) is 0. The van der Waals surface area contributed by atoms with E-state index in [4.69, 9.17) is 4.74 Å². The van der Waals surface area contributed by atoms with Crippen molar-refractivity contribution in [3.05, 3.63) is 78.4 Å². The molecule has 0 aliphatic rings. The highest BCUT2D eigenvalue weighted by Crippen LogP contribution is 2.34. The second kappa shape index (κ2) is 19.5. The Morgan fingerprint density at radius 1 is 0.917 bits per heavy atom. The molecule has 0 atom stereocenters. The van der Waals surface area contributed by atoms with E-state index < -0.39 is 10.7 Å². The Kier molecular flexibility index (Phi) is 16.9. The van der Waals surface area contributed by atoms with E-state index in [0.29, 0.717) is 12.8 Å². The van der Waals surface area contributed by atoms with E-state index in [1.807, 2.05) is 13.8 Å². The minimum atomic E-state index is -0.575. The van der Waals surface area contributed by atoms with Gasteiger partial charge in [-0.2, -0.15) is 0 Å². The van der Waals surface area contributed by atoms with E-state index in [2.05, 4.69) is 60.8 Å². The Hall–Kier alpha value is -2.73. The van der Waals surface area contributed by atoms with Crippen LogP contribution in [-0.2, 0) is 9.53 Å². The fraction of sp³-hybridized carbons (Fsp3) is 0.467. The standard InChI is InChI=1S/C30H43NO4S/c1-4-7-8-9-10-11-12-13-14-15-16-17-20-25-36-30(5-2,6-3)29(34)35-24-23-31-28(33)26-21-18-19-22-27(26)32/h7-8,10-11,13-14,16-19,21-22,32H,4-6,9,12,15,20,23-25H2,1-3H3,(H,31,33). The quantitative estimate of drug-likeness (QED) is 0.124. The molecule has 1 aromatic rings. The molecule has 36 heavy (non-hydrogen) atoms. The molecule has 2 N–H and O–H groups in total. The number of rotatable bonds is 18. The van der Waals surface area contributed by atoms with Gasteiger partial charge in [0.1, 0.15) is 17.1 Å². The van der Waals surface area contributed by atoms with Gasteiger partial charge in [-0.25, -0.2) is 0 Å². The van der Waals surface area contributed by atoms with Crippen LogP contribution in [0.4, 0.5) is 0 Å². The molecule has 6 heteroatoms. The lowest BCUT2D eigenvalue weighted by atomic mass is 10.0. The van der Waals surface area contributed by atoms with Gasteiger partial charge in [-0.05, 0) is 62.8 Å². The van der Waals surface area contributed by atoms with E-state index >= 15 is 0 Å². The molecule has 0 aliphatic heterocycles. The number of nitrogens with one attached hydrogen (secondary N) is 1. The summed E-state index contributed by atoms with van der Waals surface area (Å²) in [6.07, 6.45) is 23.7. The van der Waals surface area contributed by atoms with Gasteiger partial charge in [-0.3, -0.25) is 9.59 Å². The Balaban J connectivity index is 2.31. The maximum absolute atomic E-state index is 12.8. The summed E-state index contributed by atoms with van der Waals surface area (Å²) in [4.78, 5) is 25.0. The van der Waals surface area contributed by atoms with Gasteiger partial charge in [0.2, 0.25) is 0 Å². The molecule has 0 radical (unpaired) electrons. The maximum atomic E-state index is 12.8. The van der Waals surface area contributed by atoms with Gasteiger partial charge in [-0.1, -0.05) is 81.5 Å². The molecular formula is C30H43NO4S. The van der Waals surface area contributed by atoms with Crippen molar-refractivity contribution in [3.8, 4) is 5.75 Å². The highest BCUT2D eigenvalue weighted by molar-refractivity contribution is 8.01. The van der Waals surface area contributed by atoms with Gasteiger partial charge in [0.05, 0.1) is 12.1 Å². The molecule has 0 heterocycles. The van der Waals surface area contributed by atoms with Gasteiger partial charge in [0.25, 0.3) is 5.91 Å². The number of amides is 1. The predicted octanol–water partition coefficient (Wildman–Crippen LogP) is 7.15. The molecule has 0 unspecified atom stereocenters. The first-order valence-corrected chi connectivity index (χ1v) is 14.0. The lowest BCUT2D eigenvalue weighted by Crippen LogP contribution is -2.38. The van der Waals surface area contributed by atoms with Gasteiger partial charge in [0.15, 0.2) is 0 Å². The van der Waals surface area contributed by atoms with Crippen molar-refractivity contribution >= 4 is 23.6 Å². The Morgan fingerprint density at radius 2 is 1.50 bits per heavy atom. The number of carbonyl (C=O) groups excluding carboxylic acids is 2. The summed E-state index contributed by atoms with van der Waals surface area (Å²) in [5, 5.41) is 12.4. The van der Waals surface area contributed by atoms with Crippen LogP contribution in [-0.4, -0.2) is 40.6 Å². The lowest BCUT2D eigenvalue weighted by Gasteiger charge is -2.28. The molecule has 0 aromatic heterocycles. The summed E-state index contributed by atoms with van der Waals surface area (Å²) < 4.78 is 4.93. The molecule has 1 rings (SSSR count). The molecule has 0 aliphatic carbocycles. The summed E-state index contributed by atoms with van der Waals surface area (Å²) in [6, 6.07) is 6.34. The third kappa shape index (κ3) is 12.3. The number of thioether (sulfide) groups is 1. The fourth-order valence-corrected chi connectivity index (χ4v) is 4.65. The first kappa shape index (κ1) is 31.3. The van der Waals surface area contributed by atoms with E-state index in [-0.39, 0.29) is 30.4 Å². The van der Waals surface area contributed by atoms with Gasteiger partial charge in [0, 0.05) is 0 Å². The molecular weight excluding hydrogens is 470 g/mol. The number of phenolic OH excluding ortho intramolecular Hbond substituents is 1. The summed E-state index contributed by atoms with van der Waals surface area (Å²) in [5.41, 5.74) is 0.201. The minimum absolute atomic E-state index is 0.0763. The third-order valence-corrected chi connectivity index (χ3v) is 7.40. The normalized spacial score (nSPS) is 12.3. The number of hydrogen-bond acceptors (Lipinski definition) is 5. The zero-order valence-corrected chi connectivity index (χ0v) is 22.9. The van der Waals surface area contributed by atoms with Crippen LogP contribution in [0.5, 0.6) is 5.75 Å². The Morgan fingerprint density at radius 3 is 2.08 bits per heavy atom. The van der Waals surface area contributed by atoms with Crippen LogP contribution in [0.1, 0.15) is 76.1 Å². The third-order valence-electron chi connectivity index (χ3n) is 5.67. The summed E-state index contributed by atoms with van der Waals surface area (Å²) in [6.45, 7) is 6.44. The Bertz CT molecular complexity index is 885. The zero-order valence-electron chi connectivity index (χ0n) is 22.1. The number of para-hydroxylation sites is 1. The highest BCUT2D eigenvalue weighted by Gasteiger charge is 2.36. The number of carbonyl (C=O) groups is 2. The van der Waals surface area contributed by atoms with Crippen molar-refractivity contribution in [1.29, 1.82) is 0 Å². The average molecular weight is 514 g/mol. The number of allylic oxidation sites excluding steroid dienone is 8. The molecule has 1 amide bonds. The lowest BCUT2D eigenvalue weighted by molar-refractivity contribution is -0.146. The second-order valence-corrected chi connectivity index (χ2v) is 9.73. The largest absolute Gasteiger partial charge is 0.507 e. The predicted molar refractivity (Wildman–Crippen MR) is 152 cm³/mol. The molecule has 1 aromatic carbocycles. The van der Waals surface area contributed by atoms with Crippen LogP contribution >= 0.6 is 11.8 Å². The van der Waals surface area contributed by atoms with E-state index in [1.165, 1.54) is 6.07 Å². The number of hydrogen-bond donors (Lipinski definition) is 2. The van der Waals surface area contributed by atoms with Crippen molar-refractivity contribution in [3.63, 3.8) is 0 Å². The average Bonchev–Trinajstić information content (AvgIpc) is 2.89. The van der Waals surface area contributed by atoms with Crippen molar-refractivity contribution in [2.75, 3.05) is 18.9 Å². The molecule has 0 saturated carbocycles. The van der Waals surface area contributed by atoms with Gasteiger partial charge < -0.3 is 15.2 Å². The highest BCUT2D eigenvalue weighted by atomic mass is 32.2. The van der Waals surface area contributed by atoms with Gasteiger partial charge in [-0.15, -0.1) is 11.8 Å². The zero-order chi connectivity index (χ0) is 26.5. The number of esters is 1. The van der Waals surface area contributed by atoms with E-state index in [9.17, 15) is 14.7 Å². The SMILES string of the molecule is CCC=CCC=CCC=CCC=CCCSC(CC)(CC)C(=O)OCCNC(=O)c1ccccc1O. The number of aromatic hydroxyl groups is 1. The van der Waals surface area contributed by atoms with Crippen molar-refractivity contribution in [1.82, 2.24) is 5.32 Å². The van der Waals surface area contributed by atoms with Crippen molar-refractivity contribution < 1.29 is 19.4 Å². The molecule has 0 fully saturated rings. The Labute approximate surface area is 221 Å². The van der Waals surface area contributed by atoms with E-state index in [0.717, 1.165) is 37.9 Å². The number of phenols is 1. The first-order valence-electron chi connectivity index (χ1n) is 13.0. The van der Waals surface area contributed by atoms with Crippen LogP contribution in [0.2, 0.25) is 0 Å². The number of ether oxygens (including phenoxy) is 1. The van der Waals surface area contributed by atoms with Crippen LogP contribution < -0.4 is 5.32 Å². The smallest absolute Gasteiger partial charge is 0.322 e. The molecule has 0 saturated heterocycles. The van der Waals surface area contributed by atoms with Crippen molar-refractivity contribution in [2.45, 2.75) is 70.5 Å². The fourth-order valence-electron chi connectivity index (χ4n) is 3.42. The monoisotopic (exact) mass is 513 g/mol. The van der Waals surface area contributed by atoms with Crippen LogP contribution in [0.15, 0.2) is 72.9 Å². The molecule has 0 spiro atoms. The topological polar surface area (TPSA) is 75.6 Å². The molecule has 198 valence electrons. The maximum Gasteiger partial charge on any atom is 0.322 e. The van der Waals surface area contributed by atoms with E-state index in [1.54, 1.807) is 30.0 Å².